The molecule has 8 nitrogen and oxygen atoms in total. The predicted molar refractivity (Wildman–Crippen MR) is 210 cm³/mol. The molecule has 10 heteroatoms. The normalized spacial score (nSPS) is 18.6. The van der Waals surface area contributed by atoms with Crippen molar-refractivity contribution in [3.05, 3.63) is 115 Å². The highest BCUT2D eigenvalue weighted by Gasteiger charge is 2.37. The summed E-state index contributed by atoms with van der Waals surface area (Å²) in [5.74, 6) is 1.72. The highest BCUT2D eigenvalue weighted by atomic mass is 32.1. The first-order valence-electron chi connectivity index (χ1n) is 18.4. The molecule has 0 radical (unpaired) electrons. The van der Waals surface area contributed by atoms with Crippen LogP contribution in [0.4, 0.5) is 0 Å². The van der Waals surface area contributed by atoms with Gasteiger partial charge in [-0.2, -0.15) is 10.2 Å². The zero-order valence-corrected chi connectivity index (χ0v) is 32.1. The van der Waals surface area contributed by atoms with Crippen molar-refractivity contribution in [2.45, 2.75) is 78.1 Å². The Kier molecular flexibility index (Phi) is 9.38. The van der Waals surface area contributed by atoms with Crippen LogP contribution in [0.1, 0.15) is 108 Å². The predicted octanol–water partition coefficient (Wildman–Crippen LogP) is 9.06. The monoisotopic (exact) mass is 728 g/mol. The Hall–Kier alpha value is -4.54. The van der Waals surface area contributed by atoms with Crippen molar-refractivity contribution in [1.82, 2.24) is 30.2 Å². The molecule has 3 fully saturated rings. The lowest BCUT2D eigenvalue weighted by atomic mass is 9.99. The van der Waals surface area contributed by atoms with Gasteiger partial charge in [-0.05, 0) is 99.6 Å². The van der Waals surface area contributed by atoms with Gasteiger partial charge in [-0.15, -0.1) is 32.9 Å². The topological polar surface area (TPSA) is 92.2 Å². The molecule has 6 aromatic rings. The van der Waals surface area contributed by atoms with Gasteiger partial charge in [-0.1, -0.05) is 60.7 Å². The van der Waals surface area contributed by atoms with Crippen molar-refractivity contribution in [3.8, 4) is 0 Å². The number of hydrogen-bond acceptors (Lipinski definition) is 8. The number of aromatic nitrogens is 4. The first kappa shape index (κ1) is 34.5. The van der Waals surface area contributed by atoms with Gasteiger partial charge in [-0.3, -0.25) is 9.59 Å². The van der Waals surface area contributed by atoms with Crippen LogP contribution in [0.2, 0.25) is 0 Å². The van der Waals surface area contributed by atoms with Gasteiger partial charge < -0.3 is 9.80 Å². The molecular formula is C42H44N6O2S2. The smallest absolute Gasteiger partial charge is 0.264 e. The van der Waals surface area contributed by atoms with E-state index in [4.69, 9.17) is 0 Å². The zero-order chi connectivity index (χ0) is 36.1. The van der Waals surface area contributed by atoms with Gasteiger partial charge in [0, 0.05) is 48.8 Å². The molecule has 2 saturated heterocycles. The third kappa shape index (κ3) is 6.40. The SMILES string of the molecule is Cc1nnc2sc(C(=O)N3CCC(c4ccccc4)C3)c(C)c2c1C.Cc1nnc2sc(C(=O)N3CCC(c4ccccc4)C3)c(C3CC3)c2c1C. The molecule has 52 heavy (non-hydrogen) atoms. The quantitative estimate of drug-likeness (QED) is 0.176. The van der Waals surface area contributed by atoms with E-state index >= 15 is 0 Å². The van der Waals surface area contributed by atoms with E-state index in [1.165, 1.54) is 51.8 Å². The van der Waals surface area contributed by atoms with Gasteiger partial charge >= 0.3 is 0 Å². The molecule has 1 aliphatic carbocycles. The van der Waals surface area contributed by atoms with Gasteiger partial charge in [0.25, 0.3) is 11.8 Å². The Morgan fingerprint density at radius 2 is 1.02 bits per heavy atom. The fourth-order valence-electron chi connectivity index (χ4n) is 7.92. The Morgan fingerprint density at radius 3 is 1.54 bits per heavy atom. The van der Waals surface area contributed by atoms with Crippen LogP contribution < -0.4 is 0 Å². The van der Waals surface area contributed by atoms with E-state index in [9.17, 15) is 9.59 Å². The summed E-state index contributed by atoms with van der Waals surface area (Å²) in [7, 11) is 0. The van der Waals surface area contributed by atoms with Crippen molar-refractivity contribution in [2.75, 3.05) is 26.2 Å². The summed E-state index contributed by atoms with van der Waals surface area (Å²) in [6.07, 6.45) is 4.42. The first-order chi connectivity index (χ1) is 25.2. The van der Waals surface area contributed by atoms with Gasteiger partial charge in [0.15, 0.2) is 0 Å². The lowest BCUT2D eigenvalue weighted by Gasteiger charge is -2.17. The fourth-order valence-corrected chi connectivity index (χ4v) is 10.3. The fraction of sp³-hybridized carbons (Fsp3) is 0.381. The summed E-state index contributed by atoms with van der Waals surface area (Å²) < 4.78 is 0. The third-order valence-corrected chi connectivity index (χ3v) is 13.6. The molecule has 1 saturated carbocycles. The summed E-state index contributed by atoms with van der Waals surface area (Å²) in [4.78, 5) is 34.1. The average Bonchev–Trinajstić information content (AvgIpc) is 3.52. The minimum absolute atomic E-state index is 0.135. The third-order valence-electron chi connectivity index (χ3n) is 11.3. The zero-order valence-electron chi connectivity index (χ0n) is 30.5. The van der Waals surface area contributed by atoms with Crippen molar-refractivity contribution >= 4 is 54.9 Å². The molecule has 0 N–H and O–H groups in total. The van der Waals surface area contributed by atoms with Gasteiger partial charge in [0.2, 0.25) is 0 Å². The number of thiophene rings is 2. The second kappa shape index (κ2) is 14.1. The van der Waals surface area contributed by atoms with Crippen LogP contribution >= 0.6 is 22.7 Å². The van der Waals surface area contributed by atoms with Crippen LogP contribution in [-0.4, -0.2) is 68.2 Å². The Bertz CT molecular complexity index is 2300. The number of aryl methyl sites for hydroxylation is 5. The van der Waals surface area contributed by atoms with Crippen molar-refractivity contribution < 1.29 is 9.59 Å². The van der Waals surface area contributed by atoms with E-state index in [1.54, 1.807) is 11.3 Å². The molecule has 0 spiro atoms. The van der Waals surface area contributed by atoms with Crippen LogP contribution in [0.25, 0.3) is 20.4 Å². The van der Waals surface area contributed by atoms with Crippen LogP contribution in [0.3, 0.4) is 0 Å². The number of nitrogens with zero attached hydrogens (tertiary/aromatic N) is 6. The van der Waals surface area contributed by atoms with Gasteiger partial charge in [0.1, 0.15) is 9.66 Å². The molecule has 2 amide bonds. The molecule has 266 valence electrons. The number of benzene rings is 2. The minimum Gasteiger partial charge on any atom is -0.337 e. The molecule has 2 atom stereocenters. The van der Waals surface area contributed by atoms with Gasteiger partial charge in [-0.25, -0.2) is 0 Å². The average molecular weight is 729 g/mol. The molecule has 2 unspecified atom stereocenters. The second-order valence-electron chi connectivity index (χ2n) is 14.7. The largest absolute Gasteiger partial charge is 0.337 e. The van der Waals surface area contributed by atoms with Crippen molar-refractivity contribution in [1.29, 1.82) is 0 Å². The molecule has 4 aromatic heterocycles. The van der Waals surface area contributed by atoms with Crippen molar-refractivity contribution in [3.63, 3.8) is 0 Å². The minimum atomic E-state index is 0.135. The molecule has 6 heterocycles. The number of rotatable bonds is 5. The maximum absolute atomic E-state index is 13.4. The molecule has 0 bridgehead atoms. The van der Waals surface area contributed by atoms with Gasteiger partial charge in [0.05, 0.1) is 21.1 Å². The summed E-state index contributed by atoms with van der Waals surface area (Å²) in [6.45, 7) is 13.4. The van der Waals surface area contributed by atoms with Crippen LogP contribution in [0.5, 0.6) is 0 Å². The summed E-state index contributed by atoms with van der Waals surface area (Å²) in [5, 5.41) is 19.5. The van der Waals surface area contributed by atoms with Crippen LogP contribution in [0.15, 0.2) is 60.7 Å². The Labute approximate surface area is 312 Å². The van der Waals surface area contributed by atoms with E-state index in [-0.39, 0.29) is 11.8 Å². The van der Waals surface area contributed by atoms with E-state index in [2.05, 4.69) is 82.8 Å². The van der Waals surface area contributed by atoms with E-state index in [0.29, 0.717) is 17.8 Å². The number of amides is 2. The molecule has 9 rings (SSSR count). The number of carbonyl (C=O) groups excluding carboxylic acids is 2. The maximum Gasteiger partial charge on any atom is 0.264 e. The molecule has 2 aliphatic heterocycles. The van der Waals surface area contributed by atoms with Crippen molar-refractivity contribution in [2.24, 2.45) is 0 Å². The van der Waals surface area contributed by atoms with Crippen LogP contribution in [-0.2, 0) is 0 Å². The number of likely N-dealkylation sites (tertiary alicyclic amines) is 2. The Balaban J connectivity index is 0.000000149. The van der Waals surface area contributed by atoms with Crippen LogP contribution in [0, 0.1) is 34.6 Å². The Morgan fingerprint density at radius 1 is 0.558 bits per heavy atom. The lowest BCUT2D eigenvalue weighted by Crippen LogP contribution is -2.28. The molecule has 2 aromatic carbocycles. The number of carbonyl (C=O) groups is 2. The summed E-state index contributed by atoms with van der Waals surface area (Å²) in [6, 6.07) is 21.1. The van der Waals surface area contributed by atoms with E-state index in [0.717, 1.165) is 86.3 Å². The number of fused-ring (bicyclic) bond motifs is 2. The lowest BCUT2D eigenvalue weighted by molar-refractivity contribution is 0.0787. The maximum atomic E-state index is 13.4. The molecule has 3 aliphatic rings. The highest BCUT2D eigenvalue weighted by Crippen LogP contribution is 2.49. The highest BCUT2D eigenvalue weighted by molar-refractivity contribution is 7.21. The van der Waals surface area contributed by atoms with E-state index in [1.807, 2.05) is 42.7 Å². The number of hydrogen-bond donors (Lipinski definition) is 0. The summed E-state index contributed by atoms with van der Waals surface area (Å²) in [5.41, 5.74) is 9.15. The first-order valence-corrected chi connectivity index (χ1v) is 20.0. The summed E-state index contributed by atoms with van der Waals surface area (Å²) >= 11 is 3.02. The molecular weight excluding hydrogens is 685 g/mol. The standard InChI is InChI=1S/C22H23N3OS.C20H21N3OS/c1-13-14(2)23-24-21-18(13)19(16-8-9-16)20(27-21)22(26)25-11-10-17(12-25)15-6-4-3-5-7-15;1-12-14(3)21-22-19-17(12)13(2)18(25-19)20(24)23-10-9-16(11-23)15-7-5-4-6-8-15/h3-7,16-17H,8-12H2,1-2H3;4-8,16H,9-11H2,1-3H3. The second-order valence-corrected chi connectivity index (χ2v) is 16.6. The van der Waals surface area contributed by atoms with E-state index < -0.39 is 0 Å².